The van der Waals surface area contributed by atoms with Gasteiger partial charge in [-0.15, -0.1) is 11.3 Å². The van der Waals surface area contributed by atoms with Gasteiger partial charge < -0.3 is 5.11 Å². The molecule has 1 aromatic heterocycles. The van der Waals surface area contributed by atoms with E-state index < -0.39 is 11.4 Å². The number of aryl methyl sites for hydroxylation is 1. The van der Waals surface area contributed by atoms with Gasteiger partial charge in [0, 0.05) is 19.8 Å². The summed E-state index contributed by atoms with van der Waals surface area (Å²) in [5.74, 6) is -0.399. The van der Waals surface area contributed by atoms with E-state index in [1.54, 1.807) is 19.1 Å². The molecule has 1 unspecified atom stereocenters. The van der Waals surface area contributed by atoms with Crippen LogP contribution in [0.4, 0.5) is 4.39 Å². The van der Waals surface area contributed by atoms with E-state index in [-0.39, 0.29) is 5.56 Å². The fourth-order valence-corrected chi connectivity index (χ4v) is 2.99. The number of rotatable bonds is 2. The molecule has 90 valence electrons. The van der Waals surface area contributed by atoms with Crippen LogP contribution in [0.15, 0.2) is 34.8 Å². The number of thiophene rings is 1. The summed E-state index contributed by atoms with van der Waals surface area (Å²) in [5, 5.41) is 10.5. The highest BCUT2D eigenvalue weighted by Gasteiger charge is 2.30. The zero-order valence-corrected chi connectivity index (χ0v) is 11.9. The van der Waals surface area contributed by atoms with Crippen molar-refractivity contribution in [1.82, 2.24) is 0 Å². The first-order chi connectivity index (χ1) is 7.91. The molecule has 4 heteroatoms. The van der Waals surface area contributed by atoms with Crippen molar-refractivity contribution in [2.24, 2.45) is 0 Å². The Hall–Kier alpha value is -0.710. The average Bonchev–Trinajstić information content (AvgIpc) is 2.69. The Bertz CT molecular complexity index is 548. The number of hydrogen-bond acceptors (Lipinski definition) is 2. The second-order valence-electron chi connectivity index (χ2n) is 4.11. The van der Waals surface area contributed by atoms with Crippen molar-refractivity contribution >= 4 is 27.3 Å². The number of hydrogen-bond donors (Lipinski definition) is 1. The van der Waals surface area contributed by atoms with Crippen LogP contribution in [0.5, 0.6) is 0 Å². The standard InChI is InChI=1S/C13H12BrFOS/c1-8-3-6-12(17-8)13(2,16)10-7-9(14)4-5-11(10)15/h3-7,16H,1-2H3. The van der Waals surface area contributed by atoms with Crippen molar-refractivity contribution in [3.05, 3.63) is 55.9 Å². The highest BCUT2D eigenvalue weighted by molar-refractivity contribution is 9.10. The molecular formula is C13H12BrFOS. The third-order valence-electron chi connectivity index (χ3n) is 2.67. The van der Waals surface area contributed by atoms with Crippen molar-refractivity contribution in [3.8, 4) is 0 Å². The summed E-state index contributed by atoms with van der Waals surface area (Å²) in [7, 11) is 0. The van der Waals surface area contributed by atoms with Gasteiger partial charge in [-0.05, 0) is 44.2 Å². The predicted molar refractivity (Wildman–Crippen MR) is 71.8 cm³/mol. The lowest BCUT2D eigenvalue weighted by atomic mass is 9.94. The second kappa shape index (κ2) is 4.52. The maximum Gasteiger partial charge on any atom is 0.129 e. The number of aliphatic hydroxyl groups is 1. The van der Waals surface area contributed by atoms with Crippen molar-refractivity contribution < 1.29 is 9.50 Å². The molecule has 0 aliphatic rings. The first kappa shape index (κ1) is 12.7. The molecule has 0 amide bonds. The topological polar surface area (TPSA) is 20.2 Å². The lowest BCUT2D eigenvalue weighted by molar-refractivity contribution is 0.102. The predicted octanol–water partition coefficient (Wildman–Crippen LogP) is 4.21. The molecule has 2 aromatic rings. The third-order valence-corrected chi connectivity index (χ3v) is 4.38. The van der Waals surface area contributed by atoms with Gasteiger partial charge in [-0.1, -0.05) is 15.9 Å². The van der Waals surface area contributed by atoms with Crippen LogP contribution in [-0.4, -0.2) is 5.11 Å². The molecule has 0 bridgehead atoms. The number of halogens is 2. The second-order valence-corrected chi connectivity index (χ2v) is 6.31. The molecule has 0 saturated heterocycles. The van der Waals surface area contributed by atoms with Crippen LogP contribution in [0.3, 0.4) is 0 Å². The van der Waals surface area contributed by atoms with E-state index >= 15 is 0 Å². The molecular weight excluding hydrogens is 303 g/mol. The fraction of sp³-hybridized carbons (Fsp3) is 0.231. The minimum absolute atomic E-state index is 0.286. The van der Waals surface area contributed by atoms with Gasteiger partial charge in [-0.2, -0.15) is 0 Å². The normalized spacial score (nSPS) is 14.6. The Morgan fingerprint density at radius 1 is 1.29 bits per heavy atom. The molecule has 0 radical (unpaired) electrons. The maximum atomic E-state index is 13.8. The van der Waals surface area contributed by atoms with Crippen LogP contribution in [0.1, 0.15) is 22.2 Å². The van der Waals surface area contributed by atoms with Gasteiger partial charge >= 0.3 is 0 Å². The quantitative estimate of drug-likeness (QED) is 0.880. The summed E-state index contributed by atoms with van der Waals surface area (Å²) in [5.41, 5.74) is -1.01. The summed E-state index contributed by atoms with van der Waals surface area (Å²) in [6, 6.07) is 8.35. The van der Waals surface area contributed by atoms with E-state index in [2.05, 4.69) is 15.9 Å². The molecule has 0 fully saturated rings. The molecule has 1 heterocycles. The van der Waals surface area contributed by atoms with Crippen molar-refractivity contribution in [2.45, 2.75) is 19.4 Å². The minimum atomic E-state index is -1.30. The van der Waals surface area contributed by atoms with Crippen LogP contribution >= 0.6 is 27.3 Å². The van der Waals surface area contributed by atoms with Gasteiger partial charge in [-0.3, -0.25) is 0 Å². The van der Waals surface area contributed by atoms with E-state index in [1.807, 2.05) is 19.1 Å². The molecule has 0 saturated carbocycles. The van der Waals surface area contributed by atoms with Gasteiger partial charge in [0.2, 0.25) is 0 Å². The van der Waals surface area contributed by atoms with Gasteiger partial charge in [-0.25, -0.2) is 4.39 Å². The summed E-state index contributed by atoms with van der Waals surface area (Å²) in [6.45, 7) is 3.57. The fourth-order valence-electron chi connectivity index (χ4n) is 1.70. The lowest BCUT2D eigenvalue weighted by Crippen LogP contribution is -2.23. The van der Waals surface area contributed by atoms with Gasteiger partial charge in [0.1, 0.15) is 11.4 Å². The first-order valence-corrected chi connectivity index (χ1v) is 6.77. The average molecular weight is 315 g/mol. The maximum absolute atomic E-state index is 13.8. The minimum Gasteiger partial charge on any atom is -0.380 e. The van der Waals surface area contributed by atoms with Crippen LogP contribution in [0.2, 0.25) is 0 Å². The van der Waals surface area contributed by atoms with Crippen molar-refractivity contribution in [2.75, 3.05) is 0 Å². The van der Waals surface area contributed by atoms with Crippen LogP contribution in [0, 0.1) is 12.7 Å². The van der Waals surface area contributed by atoms with Crippen molar-refractivity contribution in [3.63, 3.8) is 0 Å². The highest BCUT2D eigenvalue weighted by Crippen LogP contribution is 2.36. The SMILES string of the molecule is Cc1ccc(C(C)(O)c2cc(Br)ccc2F)s1. The van der Waals surface area contributed by atoms with E-state index in [0.29, 0.717) is 0 Å². The summed E-state index contributed by atoms with van der Waals surface area (Å²) < 4.78 is 14.5. The van der Waals surface area contributed by atoms with E-state index in [9.17, 15) is 9.50 Å². The summed E-state index contributed by atoms with van der Waals surface area (Å²) >= 11 is 4.76. The monoisotopic (exact) mass is 314 g/mol. The van der Waals surface area contributed by atoms with E-state index in [0.717, 1.165) is 14.2 Å². The molecule has 0 spiro atoms. The Kier molecular flexibility index (Phi) is 3.39. The van der Waals surface area contributed by atoms with Crippen molar-refractivity contribution in [1.29, 1.82) is 0 Å². The Balaban J connectivity index is 2.54. The van der Waals surface area contributed by atoms with E-state index in [4.69, 9.17) is 0 Å². The molecule has 1 N–H and O–H groups in total. The largest absolute Gasteiger partial charge is 0.380 e. The van der Waals surface area contributed by atoms with Crippen LogP contribution in [0.25, 0.3) is 0 Å². The van der Waals surface area contributed by atoms with Crippen LogP contribution in [-0.2, 0) is 5.60 Å². The molecule has 17 heavy (non-hydrogen) atoms. The Labute approximate surface area is 112 Å². The molecule has 1 aromatic carbocycles. The zero-order chi connectivity index (χ0) is 12.6. The van der Waals surface area contributed by atoms with Gasteiger partial charge in [0.15, 0.2) is 0 Å². The summed E-state index contributed by atoms with van der Waals surface area (Å²) in [4.78, 5) is 1.84. The molecule has 0 aliphatic carbocycles. The van der Waals surface area contributed by atoms with E-state index in [1.165, 1.54) is 17.4 Å². The Morgan fingerprint density at radius 3 is 2.59 bits per heavy atom. The highest BCUT2D eigenvalue weighted by atomic mass is 79.9. The molecule has 0 aliphatic heterocycles. The first-order valence-electron chi connectivity index (χ1n) is 5.16. The summed E-state index contributed by atoms with van der Waals surface area (Å²) in [6.07, 6.45) is 0. The van der Waals surface area contributed by atoms with Gasteiger partial charge in [0.05, 0.1) is 0 Å². The van der Waals surface area contributed by atoms with Crippen LogP contribution < -0.4 is 0 Å². The lowest BCUT2D eigenvalue weighted by Gasteiger charge is -2.23. The zero-order valence-electron chi connectivity index (χ0n) is 9.50. The molecule has 2 rings (SSSR count). The third kappa shape index (κ3) is 2.44. The Morgan fingerprint density at radius 2 is 2.00 bits per heavy atom. The molecule has 1 atom stereocenters. The smallest absolute Gasteiger partial charge is 0.129 e. The van der Waals surface area contributed by atoms with Gasteiger partial charge in [0.25, 0.3) is 0 Å². The molecule has 1 nitrogen and oxygen atoms in total. The number of benzene rings is 1.